The quantitative estimate of drug-likeness (QED) is 0.561. The lowest BCUT2D eigenvalue weighted by atomic mass is 10.1. The number of sulfonamides is 1. The Kier molecular flexibility index (Phi) is 6.38. The van der Waals surface area contributed by atoms with E-state index in [2.05, 4.69) is 10.1 Å². The van der Waals surface area contributed by atoms with Crippen molar-refractivity contribution in [1.82, 2.24) is 14.4 Å². The molecule has 0 N–H and O–H groups in total. The van der Waals surface area contributed by atoms with Gasteiger partial charge in [-0.2, -0.15) is 9.29 Å². The van der Waals surface area contributed by atoms with Crippen molar-refractivity contribution in [2.75, 3.05) is 24.5 Å². The van der Waals surface area contributed by atoms with Crippen LogP contribution in [-0.2, 0) is 10.0 Å². The van der Waals surface area contributed by atoms with Gasteiger partial charge in [-0.15, -0.1) is 0 Å². The van der Waals surface area contributed by atoms with Crippen molar-refractivity contribution >= 4 is 21.6 Å². The number of carbonyl (C=O) groups is 1. The van der Waals surface area contributed by atoms with E-state index < -0.39 is 15.9 Å². The van der Waals surface area contributed by atoms with E-state index in [4.69, 9.17) is 4.52 Å². The van der Waals surface area contributed by atoms with Gasteiger partial charge in [-0.3, -0.25) is 4.79 Å². The first-order valence-corrected chi connectivity index (χ1v) is 12.2. The number of carbonyl (C=O) groups excluding carboxylic acids is 1. The van der Waals surface area contributed by atoms with Crippen molar-refractivity contribution < 1.29 is 17.7 Å². The summed E-state index contributed by atoms with van der Waals surface area (Å²) in [5, 5.41) is 3.94. The van der Waals surface area contributed by atoms with Crippen LogP contribution >= 0.6 is 0 Å². The number of benzene rings is 2. The number of para-hydroxylation sites is 1. The summed E-state index contributed by atoms with van der Waals surface area (Å²) < 4.78 is 33.2. The Hall–Kier alpha value is -3.04. The molecule has 1 amide bonds. The number of anilines is 1. The highest BCUT2D eigenvalue weighted by Gasteiger charge is 2.28. The number of nitrogens with zero attached hydrogens (tertiary/aromatic N) is 4. The molecule has 0 bridgehead atoms. The van der Waals surface area contributed by atoms with Gasteiger partial charge >= 0.3 is 11.8 Å². The molecular weight excluding hydrogens is 428 g/mol. The van der Waals surface area contributed by atoms with E-state index in [1.54, 1.807) is 30.0 Å². The first-order chi connectivity index (χ1) is 15.4. The van der Waals surface area contributed by atoms with Crippen molar-refractivity contribution in [2.24, 2.45) is 0 Å². The Morgan fingerprint density at radius 3 is 2.50 bits per heavy atom. The van der Waals surface area contributed by atoms with Gasteiger partial charge in [0.2, 0.25) is 15.8 Å². The molecule has 2 aromatic carbocycles. The molecule has 2 heterocycles. The number of aryl methyl sites for hydroxylation is 1. The van der Waals surface area contributed by atoms with Crippen molar-refractivity contribution in [2.45, 2.75) is 38.0 Å². The van der Waals surface area contributed by atoms with Gasteiger partial charge in [-0.1, -0.05) is 41.9 Å². The van der Waals surface area contributed by atoms with Crippen LogP contribution in [0.2, 0.25) is 0 Å². The monoisotopic (exact) mass is 454 g/mol. The number of amides is 1. The van der Waals surface area contributed by atoms with Crippen LogP contribution in [0.5, 0.6) is 0 Å². The lowest BCUT2D eigenvalue weighted by Crippen LogP contribution is -2.35. The second-order valence-electron chi connectivity index (χ2n) is 7.75. The topological polar surface area (TPSA) is 96.6 Å². The minimum Gasteiger partial charge on any atom is -0.328 e. The second-order valence-corrected chi connectivity index (χ2v) is 9.66. The second kappa shape index (κ2) is 9.22. The third-order valence-corrected chi connectivity index (χ3v) is 7.66. The Bertz CT molecular complexity index is 1200. The lowest BCUT2D eigenvalue weighted by molar-refractivity contribution is 0.0946. The number of rotatable bonds is 6. The fraction of sp³-hybridized carbons (Fsp3) is 0.348. The Labute approximate surface area is 187 Å². The Morgan fingerprint density at radius 2 is 1.81 bits per heavy atom. The number of piperidine rings is 1. The van der Waals surface area contributed by atoms with Crippen molar-refractivity contribution in [3.63, 3.8) is 0 Å². The highest BCUT2D eigenvalue weighted by Crippen LogP contribution is 2.28. The number of hydrogen-bond donors (Lipinski definition) is 0. The molecule has 1 fully saturated rings. The molecule has 1 aromatic heterocycles. The molecular formula is C23H26N4O4S. The fourth-order valence-electron chi connectivity index (χ4n) is 3.86. The van der Waals surface area contributed by atoms with E-state index in [9.17, 15) is 13.2 Å². The normalized spacial score (nSPS) is 14.9. The Morgan fingerprint density at radius 1 is 1.09 bits per heavy atom. The third kappa shape index (κ3) is 4.31. The first-order valence-electron chi connectivity index (χ1n) is 10.7. The molecule has 168 valence electrons. The van der Waals surface area contributed by atoms with Crippen LogP contribution in [0, 0.1) is 6.92 Å². The van der Waals surface area contributed by atoms with E-state index in [0.717, 1.165) is 24.9 Å². The maximum Gasteiger partial charge on any atom is 0.316 e. The molecule has 0 atom stereocenters. The summed E-state index contributed by atoms with van der Waals surface area (Å²) in [6, 6.07) is 14.3. The van der Waals surface area contributed by atoms with Gasteiger partial charge in [0.1, 0.15) is 0 Å². The van der Waals surface area contributed by atoms with Gasteiger partial charge < -0.3 is 9.42 Å². The summed E-state index contributed by atoms with van der Waals surface area (Å²) in [5.41, 5.74) is 1.86. The highest BCUT2D eigenvalue weighted by atomic mass is 32.2. The van der Waals surface area contributed by atoms with Gasteiger partial charge in [0.05, 0.1) is 4.90 Å². The molecule has 1 saturated heterocycles. The van der Waals surface area contributed by atoms with Gasteiger partial charge in [0, 0.05) is 30.9 Å². The molecule has 0 aliphatic carbocycles. The Balaban J connectivity index is 1.63. The lowest BCUT2D eigenvalue weighted by Gasteiger charge is -2.26. The van der Waals surface area contributed by atoms with Crippen molar-refractivity contribution in [3.8, 4) is 11.4 Å². The zero-order valence-corrected chi connectivity index (χ0v) is 19.0. The van der Waals surface area contributed by atoms with E-state index in [-0.39, 0.29) is 16.6 Å². The molecule has 4 rings (SSSR count). The molecule has 0 saturated carbocycles. The molecule has 1 aliphatic heterocycles. The third-order valence-electron chi connectivity index (χ3n) is 5.62. The maximum atomic E-state index is 13.2. The van der Waals surface area contributed by atoms with Gasteiger partial charge in [-0.05, 0) is 50.5 Å². The molecule has 0 radical (unpaired) electrons. The predicted molar refractivity (Wildman–Crippen MR) is 121 cm³/mol. The van der Waals surface area contributed by atoms with Gasteiger partial charge in [0.25, 0.3) is 0 Å². The smallest absolute Gasteiger partial charge is 0.316 e. The average Bonchev–Trinajstić information content (AvgIpc) is 3.31. The van der Waals surface area contributed by atoms with Crippen LogP contribution < -0.4 is 4.90 Å². The summed E-state index contributed by atoms with van der Waals surface area (Å²) in [5.74, 6) is -0.384. The summed E-state index contributed by atoms with van der Waals surface area (Å²) in [7, 11) is -3.61. The molecule has 32 heavy (non-hydrogen) atoms. The van der Waals surface area contributed by atoms with Crippen LogP contribution in [0.25, 0.3) is 11.4 Å². The standard InChI is InChI=1S/C23H26N4O4S/c1-3-27(19-10-6-4-7-11-19)23(28)22-24-21(25-31-22)18-13-12-17(2)20(16-18)32(29,30)26-14-8-5-9-15-26/h4,6-7,10-13,16H,3,5,8-9,14-15H2,1-2H3. The predicted octanol–water partition coefficient (Wildman–Crippen LogP) is 3.89. The molecule has 1 aliphatic rings. The SMILES string of the molecule is CCN(C(=O)c1nc(-c2ccc(C)c(S(=O)(=O)N3CCCCC3)c2)no1)c1ccccc1. The molecule has 0 spiro atoms. The number of aromatic nitrogens is 2. The highest BCUT2D eigenvalue weighted by molar-refractivity contribution is 7.89. The minimum atomic E-state index is -3.61. The van der Waals surface area contributed by atoms with Gasteiger partial charge in [-0.25, -0.2) is 8.42 Å². The van der Waals surface area contributed by atoms with Gasteiger partial charge in [0.15, 0.2) is 0 Å². The van der Waals surface area contributed by atoms with Crippen LogP contribution in [0.1, 0.15) is 42.4 Å². The van der Waals surface area contributed by atoms with Crippen LogP contribution in [0.3, 0.4) is 0 Å². The minimum absolute atomic E-state index is 0.147. The summed E-state index contributed by atoms with van der Waals surface area (Å²) in [4.78, 5) is 19.0. The van der Waals surface area contributed by atoms with E-state index in [1.807, 2.05) is 37.3 Å². The summed E-state index contributed by atoms with van der Waals surface area (Å²) >= 11 is 0. The van der Waals surface area contributed by atoms with E-state index in [0.29, 0.717) is 30.8 Å². The van der Waals surface area contributed by atoms with E-state index in [1.165, 1.54) is 4.31 Å². The van der Waals surface area contributed by atoms with Crippen molar-refractivity contribution in [1.29, 1.82) is 0 Å². The first kappa shape index (κ1) is 22.2. The maximum absolute atomic E-state index is 13.2. The molecule has 3 aromatic rings. The molecule has 8 nitrogen and oxygen atoms in total. The number of hydrogen-bond acceptors (Lipinski definition) is 6. The molecule has 9 heteroatoms. The summed E-state index contributed by atoms with van der Waals surface area (Å²) in [6.07, 6.45) is 2.77. The summed E-state index contributed by atoms with van der Waals surface area (Å²) in [6.45, 7) is 5.12. The van der Waals surface area contributed by atoms with Crippen molar-refractivity contribution in [3.05, 3.63) is 60.0 Å². The van der Waals surface area contributed by atoms with E-state index >= 15 is 0 Å². The molecule has 0 unspecified atom stereocenters. The van der Waals surface area contributed by atoms with Crippen LogP contribution in [0.15, 0.2) is 57.9 Å². The average molecular weight is 455 g/mol. The zero-order valence-electron chi connectivity index (χ0n) is 18.2. The zero-order chi connectivity index (χ0) is 22.7. The fourth-order valence-corrected chi connectivity index (χ4v) is 5.62. The van der Waals surface area contributed by atoms with Crippen LogP contribution in [0.4, 0.5) is 5.69 Å². The largest absolute Gasteiger partial charge is 0.328 e. The van der Waals surface area contributed by atoms with Crippen LogP contribution in [-0.4, -0.2) is 48.4 Å².